The molecule has 104 valence electrons. The van der Waals surface area contributed by atoms with Gasteiger partial charge in [-0.3, -0.25) is 4.79 Å². The molecule has 0 saturated carbocycles. The largest absolute Gasteiger partial charge is 0.396 e. The number of hydrogen-bond donors (Lipinski definition) is 0. The molecule has 0 spiro atoms. The summed E-state index contributed by atoms with van der Waals surface area (Å²) >= 11 is 0. The molecule has 0 aliphatic carbocycles. The van der Waals surface area contributed by atoms with Crippen molar-refractivity contribution in [2.45, 2.75) is 52.9 Å². The van der Waals surface area contributed by atoms with E-state index < -0.39 is 0 Å². The number of likely N-dealkylation sites (tertiary alicyclic amines) is 1. The zero-order chi connectivity index (χ0) is 13.4. The van der Waals surface area contributed by atoms with Crippen molar-refractivity contribution in [3.8, 4) is 0 Å². The van der Waals surface area contributed by atoms with Crippen molar-refractivity contribution in [2.24, 2.45) is 11.1 Å². The first kappa shape index (κ1) is 15.0. The molecule has 1 aliphatic rings. The van der Waals surface area contributed by atoms with Gasteiger partial charge in [-0.1, -0.05) is 12.1 Å². The molecule has 1 amide bonds. The topological polar surface area (TPSA) is 41.9 Å². The zero-order valence-electron chi connectivity index (χ0n) is 11.9. The highest BCUT2D eigenvalue weighted by molar-refractivity contribution is 5.78. The summed E-state index contributed by atoms with van der Waals surface area (Å²) < 4.78 is 0. The Bertz CT molecular complexity index is 278. The van der Waals surface area contributed by atoms with Crippen LogP contribution >= 0.6 is 0 Å². The SMILES string of the molecule is CC(C)=NOCCCCC(=O)N1CCC(C)CC1. The number of carbonyl (C=O) groups excluding carboxylic acids is 1. The van der Waals surface area contributed by atoms with E-state index >= 15 is 0 Å². The molecule has 0 atom stereocenters. The van der Waals surface area contributed by atoms with Crippen molar-refractivity contribution in [1.82, 2.24) is 4.90 Å². The number of rotatable bonds is 6. The summed E-state index contributed by atoms with van der Waals surface area (Å²) in [4.78, 5) is 19.0. The highest BCUT2D eigenvalue weighted by atomic mass is 16.6. The van der Waals surface area contributed by atoms with Crippen LogP contribution in [0.25, 0.3) is 0 Å². The third-order valence-electron chi connectivity index (χ3n) is 3.26. The van der Waals surface area contributed by atoms with Crippen LogP contribution in [-0.4, -0.2) is 36.2 Å². The van der Waals surface area contributed by atoms with E-state index in [1.165, 1.54) is 0 Å². The summed E-state index contributed by atoms with van der Waals surface area (Å²) in [5.74, 6) is 1.08. The molecule has 0 bridgehead atoms. The van der Waals surface area contributed by atoms with Gasteiger partial charge in [-0.15, -0.1) is 0 Å². The summed E-state index contributed by atoms with van der Waals surface area (Å²) in [5, 5.41) is 3.86. The molecule has 4 nitrogen and oxygen atoms in total. The van der Waals surface area contributed by atoms with Gasteiger partial charge in [0, 0.05) is 19.5 Å². The lowest BCUT2D eigenvalue weighted by molar-refractivity contribution is -0.132. The minimum absolute atomic E-state index is 0.303. The third kappa shape index (κ3) is 6.03. The molecular weight excluding hydrogens is 228 g/mol. The number of piperidine rings is 1. The quantitative estimate of drug-likeness (QED) is 0.415. The minimum Gasteiger partial charge on any atom is -0.396 e. The Kier molecular flexibility index (Phi) is 6.76. The second-order valence-corrected chi connectivity index (χ2v) is 5.39. The highest BCUT2D eigenvalue weighted by Gasteiger charge is 2.19. The molecule has 0 aromatic heterocycles. The van der Waals surface area contributed by atoms with Gasteiger partial charge >= 0.3 is 0 Å². The Morgan fingerprint density at radius 3 is 2.56 bits per heavy atom. The maximum Gasteiger partial charge on any atom is 0.222 e. The van der Waals surface area contributed by atoms with Crippen LogP contribution < -0.4 is 0 Å². The molecule has 1 fully saturated rings. The smallest absolute Gasteiger partial charge is 0.222 e. The van der Waals surface area contributed by atoms with Crippen LogP contribution in [0.5, 0.6) is 0 Å². The lowest BCUT2D eigenvalue weighted by Gasteiger charge is -2.30. The van der Waals surface area contributed by atoms with Gasteiger partial charge < -0.3 is 9.74 Å². The van der Waals surface area contributed by atoms with Crippen LogP contribution in [0.1, 0.15) is 52.9 Å². The molecule has 0 unspecified atom stereocenters. The second-order valence-electron chi connectivity index (χ2n) is 5.39. The Hall–Kier alpha value is -1.06. The average Bonchev–Trinajstić information content (AvgIpc) is 2.34. The maximum atomic E-state index is 11.9. The average molecular weight is 254 g/mol. The number of amides is 1. The monoisotopic (exact) mass is 254 g/mol. The second kappa shape index (κ2) is 8.11. The van der Waals surface area contributed by atoms with Gasteiger partial charge in [0.05, 0.1) is 5.71 Å². The first-order chi connectivity index (χ1) is 8.59. The van der Waals surface area contributed by atoms with Crippen LogP contribution in [0.15, 0.2) is 5.16 Å². The minimum atomic E-state index is 0.303. The van der Waals surface area contributed by atoms with E-state index in [2.05, 4.69) is 12.1 Å². The fraction of sp³-hybridized carbons (Fsp3) is 0.857. The van der Waals surface area contributed by atoms with Gasteiger partial charge in [0.1, 0.15) is 6.61 Å². The number of unbranched alkanes of at least 4 members (excludes halogenated alkanes) is 1. The summed E-state index contributed by atoms with van der Waals surface area (Å²) in [5.41, 5.74) is 0.925. The maximum absolute atomic E-state index is 11.9. The van der Waals surface area contributed by atoms with Crippen molar-refractivity contribution in [2.75, 3.05) is 19.7 Å². The number of nitrogens with zero attached hydrogens (tertiary/aromatic N) is 2. The Morgan fingerprint density at radius 1 is 1.28 bits per heavy atom. The van der Waals surface area contributed by atoms with E-state index in [1.54, 1.807) is 0 Å². The number of carbonyl (C=O) groups is 1. The van der Waals surface area contributed by atoms with Crippen LogP contribution in [0.3, 0.4) is 0 Å². The predicted octanol–water partition coefficient (Wildman–Crippen LogP) is 2.83. The normalized spacial score (nSPS) is 16.5. The summed E-state index contributed by atoms with van der Waals surface area (Å²) in [6.45, 7) is 8.55. The van der Waals surface area contributed by atoms with Gasteiger partial charge in [-0.25, -0.2) is 0 Å². The highest BCUT2D eigenvalue weighted by Crippen LogP contribution is 2.17. The molecule has 0 radical (unpaired) electrons. The summed E-state index contributed by atoms with van der Waals surface area (Å²) in [6, 6.07) is 0. The predicted molar refractivity (Wildman–Crippen MR) is 73.6 cm³/mol. The molecule has 0 aromatic carbocycles. The van der Waals surface area contributed by atoms with Crippen LogP contribution in [-0.2, 0) is 9.63 Å². The van der Waals surface area contributed by atoms with E-state index in [0.717, 1.165) is 50.4 Å². The zero-order valence-corrected chi connectivity index (χ0v) is 11.9. The van der Waals surface area contributed by atoms with E-state index in [0.29, 0.717) is 18.9 Å². The molecule has 1 rings (SSSR count). The molecule has 1 saturated heterocycles. The summed E-state index contributed by atoms with van der Waals surface area (Å²) in [7, 11) is 0. The standard InChI is InChI=1S/C14H26N2O2/c1-12(2)15-18-11-5-4-6-14(17)16-9-7-13(3)8-10-16/h13H,4-11H2,1-3H3. The van der Waals surface area contributed by atoms with Gasteiger partial charge in [0.25, 0.3) is 0 Å². The molecular formula is C14H26N2O2. The molecule has 18 heavy (non-hydrogen) atoms. The van der Waals surface area contributed by atoms with Crippen molar-refractivity contribution in [3.05, 3.63) is 0 Å². The van der Waals surface area contributed by atoms with Crippen LogP contribution in [0, 0.1) is 5.92 Å². The van der Waals surface area contributed by atoms with Crippen LogP contribution in [0.2, 0.25) is 0 Å². The molecule has 1 aliphatic heterocycles. The van der Waals surface area contributed by atoms with Crippen molar-refractivity contribution in [1.29, 1.82) is 0 Å². The number of hydrogen-bond acceptors (Lipinski definition) is 3. The van der Waals surface area contributed by atoms with Gasteiger partial charge in [-0.2, -0.15) is 0 Å². The molecule has 0 aromatic rings. The van der Waals surface area contributed by atoms with Gasteiger partial charge in [0.2, 0.25) is 5.91 Å². The fourth-order valence-corrected chi connectivity index (χ4v) is 2.03. The molecule has 0 N–H and O–H groups in total. The van der Waals surface area contributed by atoms with Crippen molar-refractivity contribution < 1.29 is 9.63 Å². The first-order valence-electron chi connectivity index (χ1n) is 7.00. The van der Waals surface area contributed by atoms with Crippen molar-refractivity contribution in [3.63, 3.8) is 0 Å². The third-order valence-corrected chi connectivity index (χ3v) is 3.26. The molecule has 1 heterocycles. The van der Waals surface area contributed by atoms with E-state index in [1.807, 2.05) is 18.7 Å². The van der Waals surface area contributed by atoms with E-state index in [9.17, 15) is 4.79 Å². The van der Waals surface area contributed by atoms with Gasteiger partial charge in [0.15, 0.2) is 0 Å². The lowest BCUT2D eigenvalue weighted by Crippen LogP contribution is -2.37. The van der Waals surface area contributed by atoms with Gasteiger partial charge in [-0.05, 0) is 45.4 Å². The summed E-state index contributed by atoms with van der Waals surface area (Å²) in [6.07, 6.45) is 4.74. The Balaban J connectivity index is 2.05. The van der Waals surface area contributed by atoms with E-state index in [-0.39, 0.29) is 0 Å². The van der Waals surface area contributed by atoms with Crippen LogP contribution in [0.4, 0.5) is 0 Å². The molecule has 4 heteroatoms. The first-order valence-corrected chi connectivity index (χ1v) is 7.00. The van der Waals surface area contributed by atoms with Crippen molar-refractivity contribution >= 4 is 11.6 Å². The lowest BCUT2D eigenvalue weighted by atomic mass is 9.99. The Morgan fingerprint density at radius 2 is 1.94 bits per heavy atom. The van der Waals surface area contributed by atoms with E-state index in [4.69, 9.17) is 4.84 Å². The number of oxime groups is 1. The fourth-order valence-electron chi connectivity index (χ4n) is 2.03. The Labute approximate surface area is 110 Å².